The molecule has 2 aromatic carbocycles. The number of aromatic nitrogens is 2. The lowest BCUT2D eigenvalue weighted by atomic mass is 10.0. The molecule has 1 amide bonds. The molecule has 0 saturated carbocycles. The summed E-state index contributed by atoms with van der Waals surface area (Å²) in [6.07, 6.45) is 4.41. The van der Waals surface area contributed by atoms with Gasteiger partial charge in [-0.3, -0.25) is 9.78 Å². The van der Waals surface area contributed by atoms with Crippen molar-refractivity contribution in [3.05, 3.63) is 94.3 Å². The minimum absolute atomic E-state index is 0.146. The second-order valence-corrected chi connectivity index (χ2v) is 7.62. The number of hydrogen-bond donors (Lipinski definition) is 1. The number of hydrogen-bond acceptors (Lipinski definition) is 3. The zero-order valence-electron chi connectivity index (χ0n) is 16.9. The first-order valence-electron chi connectivity index (χ1n) is 9.93. The van der Waals surface area contributed by atoms with Crippen molar-refractivity contribution in [2.75, 3.05) is 0 Å². The van der Waals surface area contributed by atoms with Crippen molar-refractivity contribution < 1.29 is 4.79 Å². The van der Waals surface area contributed by atoms with Gasteiger partial charge in [0.15, 0.2) is 0 Å². The molecule has 5 heteroatoms. The van der Waals surface area contributed by atoms with Crippen LogP contribution in [0.3, 0.4) is 0 Å². The molecule has 2 heterocycles. The lowest BCUT2D eigenvalue weighted by Crippen LogP contribution is -2.23. The number of rotatable bonds is 5. The average molecular weight is 416 g/mol. The zero-order chi connectivity index (χ0) is 21.1. The highest BCUT2D eigenvalue weighted by molar-refractivity contribution is 6.32. The highest BCUT2D eigenvalue weighted by Gasteiger charge is 2.16. The van der Waals surface area contributed by atoms with Crippen LogP contribution in [-0.4, -0.2) is 15.9 Å². The molecule has 30 heavy (non-hydrogen) atoms. The normalized spacial score (nSPS) is 10.9. The Morgan fingerprint density at radius 2 is 1.73 bits per heavy atom. The van der Waals surface area contributed by atoms with Crippen LogP contribution < -0.4 is 5.32 Å². The van der Waals surface area contributed by atoms with Crippen molar-refractivity contribution in [2.24, 2.45) is 0 Å². The third kappa shape index (κ3) is 4.05. The van der Waals surface area contributed by atoms with Crippen molar-refractivity contribution in [3.63, 3.8) is 0 Å². The Kier molecular flexibility index (Phi) is 5.77. The monoisotopic (exact) mass is 415 g/mol. The fraction of sp³-hybridized carbons (Fsp3) is 0.160. The van der Waals surface area contributed by atoms with Gasteiger partial charge in [0.25, 0.3) is 5.91 Å². The summed E-state index contributed by atoms with van der Waals surface area (Å²) in [5, 5.41) is 4.44. The number of pyridine rings is 2. The molecule has 1 N–H and O–H groups in total. The van der Waals surface area contributed by atoms with E-state index in [9.17, 15) is 4.79 Å². The Bertz CT molecular complexity index is 1200. The van der Waals surface area contributed by atoms with Gasteiger partial charge in [-0.25, -0.2) is 4.98 Å². The predicted octanol–water partition coefficient (Wildman–Crippen LogP) is 5.75. The third-order valence-corrected chi connectivity index (χ3v) is 5.68. The quantitative estimate of drug-likeness (QED) is 0.451. The van der Waals surface area contributed by atoms with E-state index < -0.39 is 0 Å². The summed E-state index contributed by atoms with van der Waals surface area (Å²) in [7, 11) is 0. The molecule has 0 aliphatic carbocycles. The van der Waals surface area contributed by atoms with Gasteiger partial charge < -0.3 is 5.32 Å². The van der Waals surface area contributed by atoms with Crippen LogP contribution in [0.1, 0.15) is 34.0 Å². The van der Waals surface area contributed by atoms with Crippen LogP contribution in [0.4, 0.5) is 0 Å². The van der Waals surface area contributed by atoms with E-state index in [1.165, 1.54) is 5.56 Å². The lowest BCUT2D eigenvalue weighted by molar-refractivity contribution is 0.0952. The summed E-state index contributed by atoms with van der Waals surface area (Å²) in [4.78, 5) is 22.0. The van der Waals surface area contributed by atoms with Crippen molar-refractivity contribution in [1.29, 1.82) is 0 Å². The Morgan fingerprint density at radius 1 is 1.00 bits per heavy atom. The molecule has 2 aromatic heterocycles. The first-order chi connectivity index (χ1) is 14.6. The fourth-order valence-corrected chi connectivity index (χ4v) is 3.58. The molecule has 0 spiro atoms. The van der Waals surface area contributed by atoms with Crippen LogP contribution in [-0.2, 0) is 13.0 Å². The predicted molar refractivity (Wildman–Crippen MR) is 122 cm³/mol. The van der Waals surface area contributed by atoms with E-state index in [1.807, 2.05) is 49.4 Å². The maximum absolute atomic E-state index is 13.1. The first-order valence-corrected chi connectivity index (χ1v) is 10.3. The van der Waals surface area contributed by atoms with Gasteiger partial charge >= 0.3 is 0 Å². The summed E-state index contributed by atoms with van der Waals surface area (Å²) in [6.45, 7) is 4.48. The Balaban J connectivity index is 1.78. The number of nitrogens with zero attached hydrogens (tertiary/aromatic N) is 2. The van der Waals surface area contributed by atoms with E-state index in [0.29, 0.717) is 17.1 Å². The minimum Gasteiger partial charge on any atom is -0.348 e. The molecular formula is C25H22ClN3O. The average Bonchev–Trinajstić information content (AvgIpc) is 2.80. The highest BCUT2D eigenvalue weighted by Crippen LogP contribution is 2.30. The van der Waals surface area contributed by atoms with Gasteiger partial charge in [0.1, 0.15) is 0 Å². The zero-order valence-corrected chi connectivity index (χ0v) is 17.7. The number of nitrogens with one attached hydrogen (secondary N) is 1. The van der Waals surface area contributed by atoms with Gasteiger partial charge in [-0.1, -0.05) is 48.9 Å². The number of carbonyl (C=O) groups is 1. The molecule has 0 saturated heterocycles. The van der Waals surface area contributed by atoms with E-state index >= 15 is 0 Å². The summed E-state index contributed by atoms with van der Waals surface area (Å²) in [6, 6.07) is 17.6. The molecule has 0 aliphatic rings. The standard InChI is InChI=1S/C25H22ClN3O/c1-3-17-4-6-19(7-5-17)23-14-21(20-8-9-22(26)16(2)24(20)29-23)25(30)28-15-18-10-12-27-13-11-18/h4-14H,3,15H2,1-2H3,(H,28,30). The summed E-state index contributed by atoms with van der Waals surface area (Å²) in [5.41, 5.74) is 6.17. The third-order valence-electron chi connectivity index (χ3n) is 5.27. The summed E-state index contributed by atoms with van der Waals surface area (Å²) in [5.74, 6) is -0.146. The van der Waals surface area contributed by atoms with E-state index in [0.717, 1.165) is 39.7 Å². The molecule has 0 atom stereocenters. The maximum Gasteiger partial charge on any atom is 0.252 e. The second kappa shape index (κ2) is 8.64. The molecule has 0 radical (unpaired) electrons. The molecule has 4 rings (SSSR count). The summed E-state index contributed by atoms with van der Waals surface area (Å²) >= 11 is 6.35. The molecule has 0 unspecified atom stereocenters. The van der Waals surface area contributed by atoms with Crippen molar-refractivity contribution in [3.8, 4) is 11.3 Å². The summed E-state index contributed by atoms with van der Waals surface area (Å²) < 4.78 is 0. The molecule has 4 aromatic rings. The van der Waals surface area contributed by atoms with E-state index in [2.05, 4.69) is 29.4 Å². The van der Waals surface area contributed by atoms with Crippen LogP contribution in [0.25, 0.3) is 22.2 Å². The van der Waals surface area contributed by atoms with Crippen LogP contribution in [0.2, 0.25) is 5.02 Å². The van der Waals surface area contributed by atoms with Gasteiger partial charge in [0.2, 0.25) is 0 Å². The number of halogens is 1. The van der Waals surface area contributed by atoms with E-state index in [1.54, 1.807) is 12.4 Å². The van der Waals surface area contributed by atoms with Crippen LogP contribution in [0, 0.1) is 6.92 Å². The SMILES string of the molecule is CCc1ccc(-c2cc(C(=O)NCc3ccncc3)c3ccc(Cl)c(C)c3n2)cc1. The van der Waals surface area contributed by atoms with Gasteiger partial charge in [0.05, 0.1) is 16.8 Å². The second-order valence-electron chi connectivity index (χ2n) is 7.21. The van der Waals surface area contributed by atoms with Gasteiger partial charge in [-0.05, 0) is 54.3 Å². The number of carbonyl (C=O) groups excluding carboxylic acids is 1. The maximum atomic E-state index is 13.1. The topological polar surface area (TPSA) is 54.9 Å². The van der Waals surface area contributed by atoms with Gasteiger partial charge in [0, 0.05) is 34.9 Å². The van der Waals surface area contributed by atoms with E-state index in [-0.39, 0.29) is 5.91 Å². The minimum atomic E-state index is -0.146. The Labute approximate surface area is 181 Å². The molecule has 150 valence electrons. The molecule has 0 bridgehead atoms. The number of amides is 1. The van der Waals surface area contributed by atoms with Crippen LogP contribution >= 0.6 is 11.6 Å². The highest BCUT2D eigenvalue weighted by atomic mass is 35.5. The van der Waals surface area contributed by atoms with Crippen LogP contribution in [0.15, 0.2) is 67.0 Å². The lowest BCUT2D eigenvalue weighted by Gasteiger charge is -2.13. The number of fused-ring (bicyclic) bond motifs is 1. The largest absolute Gasteiger partial charge is 0.348 e. The van der Waals surface area contributed by atoms with Crippen molar-refractivity contribution >= 4 is 28.4 Å². The van der Waals surface area contributed by atoms with Gasteiger partial charge in [-0.2, -0.15) is 0 Å². The number of benzene rings is 2. The molecule has 4 nitrogen and oxygen atoms in total. The Hall–Kier alpha value is -3.24. The molecule has 0 aliphatic heterocycles. The smallest absolute Gasteiger partial charge is 0.252 e. The van der Waals surface area contributed by atoms with Crippen molar-refractivity contribution in [1.82, 2.24) is 15.3 Å². The van der Waals surface area contributed by atoms with Crippen LogP contribution in [0.5, 0.6) is 0 Å². The molecular weight excluding hydrogens is 394 g/mol. The fourth-order valence-electron chi connectivity index (χ4n) is 3.43. The first kappa shape index (κ1) is 20.0. The van der Waals surface area contributed by atoms with Crippen molar-refractivity contribution in [2.45, 2.75) is 26.8 Å². The van der Waals surface area contributed by atoms with Gasteiger partial charge in [-0.15, -0.1) is 0 Å². The molecule has 0 fully saturated rings. The Morgan fingerprint density at radius 3 is 2.43 bits per heavy atom. The van der Waals surface area contributed by atoms with E-state index in [4.69, 9.17) is 16.6 Å². The number of aryl methyl sites for hydroxylation is 2.